The van der Waals surface area contributed by atoms with E-state index in [1.807, 2.05) is 41.8 Å². The third-order valence-electron chi connectivity index (χ3n) is 4.62. The number of thiophene rings is 1. The van der Waals surface area contributed by atoms with Gasteiger partial charge >= 0.3 is 11.9 Å². The van der Waals surface area contributed by atoms with E-state index in [1.54, 1.807) is 19.1 Å². The largest absolute Gasteiger partial charge is 0.462 e. The van der Waals surface area contributed by atoms with Gasteiger partial charge < -0.3 is 14.8 Å². The molecule has 7 heteroatoms. The van der Waals surface area contributed by atoms with E-state index in [1.165, 1.54) is 17.5 Å². The lowest BCUT2D eigenvalue weighted by molar-refractivity contribution is 0.0513. The molecule has 0 aliphatic rings. The summed E-state index contributed by atoms with van der Waals surface area (Å²) in [6, 6.07) is 15.4. The molecule has 0 saturated heterocycles. The molecule has 0 spiro atoms. The summed E-state index contributed by atoms with van der Waals surface area (Å²) in [5, 5.41) is 7.95. The highest BCUT2D eigenvalue weighted by Crippen LogP contribution is 2.31. The number of nitrogens with zero attached hydrogens (tertiary/aromatic N) is 1. The number of ether oxygens (including phenoxy) is 2. The quantitative estimate of drug-likeness (QED) is 0.260. The Hall–Kier alpha value is -3.45. The molecule has 1 N–H and O–H groups in total. The average molecular weight is 420 g/mol. The molecule has 4 rings (SSSR count). The van der Waals surface area contributed by atoms with Gasteiger partial charge in [0.2, 0.25) is 0 Å². The Morgan fingerprint density at radius 2 is 1.87 bits per heavy atom. The lowest BCUT2D eigenvalue weighted by atomic mass is 10.0. The number of aromatic nitrogens is 1. The lowest BCUT2D eigenvalue weighted by Crippen LogP contribution is -2.16. The predicted molar refractivity (Wildman–Crippen MR) is 118 cm³/mol. The topological polar surface area (TPSA) is 77.5 Å². The smallest absolute Gasteiger partial charge is 0.348 e. The van der Waals surface area contributed by atoms with Gasteiger partial charge in [0.25, 0.3) is 0 Å². The van der Waals surface area contributed by atoms with Crippen LogP contribution in [-0.4, -0.2) is 36.7 Å². The number of hydrogen-bond acceptors (Lipinski definition) is 7. The zero-order valence-corrected chi connectivity index (χ0v) is 17.2. The summed E-state index contributed by atoms with van der Waals surface area (Å²) >= 11 is 1.34. The van der Waals surface area contributed by atoms with Crippen molar-refractivity contribution in [2.45, 2.75) is 6.92 Å². The van der Waals surface area contributed by atoms with Crippen molar-refractivity contribution in [3.05, 3.63) is 70.5 Å². The van der Waals surface area contributed by atoms with Gasteiger partial charge in [0, 0.05) is 23.5 Å². The number of fused-ring (bicyclic) bond motifs is 3. The van der Waals surface area contributed by atoms with Crippen LogP contribution in [0.3, 0.4) is 0 Å². The van der Waals surface area contributed by atoms with Crippen LogP contribution in [0.1, 0.15) is 27.0 Å². The van der Waals surface area contributed by atoms with Crippen LogP contribution in [0.25, 0.3) is 21.7 Å². The summed E-state index contributed by atoms with van der Waals surface area (Å²) in [6.07, 6.45) is 1.53. The molecule has 0 bridgehead atoms. The van der Waals surface area contributed by atoms with E-state index in [-0.39, 0.29) is 19.2 Å². The van der Waals surface area contributed by atoms with Gasteiger partial charge in [-0.15, -0.1) is 11.3 Å². The number of nitrogens with one attached hydrogen (secondary N) is 1. The molecule has 0 fully saturated rings. The summed E-state index contributed by atoms with van der Waals surface area (Å²) in [5.41, 5.74) is 1.76. The second-order valence-electron chi connectivity index (χ2n) is 6.49. The number of rotatable bonds is 7. The predicted octanol–water partition coefficient (Wildman–Crippen LogP) is 4.90. The molecule has 4 aromatic rings. The van der Waals surface area contributed by atoms with Gasteiger partial charge in [0.05, 0.1) is 17.8 Å². The maximum atomic E-state index is 12.5. The Morgan fingerprint density at radius 1 is 1.00 bits per heavy atom. The molecule has 2 aromatic heterocycles. The van der Waals surface area contributed by atoms with Crippen molar-refractivity contribution < 1.29 is 19.1 Å². The van der Waals surface area contributed by atoms with E-state index < -0.39 is 5.97 Å². The first-order valence-electron chi connectivity index (χ1n) is 9.61. The third-order valence-corrected chi connectivity index (χ3v) is 5.47. The van der Waals surface area contributed by atoms with Crippen molar-refractivity contribution in [1.82, 2.24) is 4.98 Å². The van der Waals surface area contributed by atoms with E-state index in [9.17, 15) is 9.59 Å². The van der Waals surface area contributed by atoms with Crippen LogP contribution in [0.15, 0.2) is 60.1 Å². The van der Waals surface area contributed by atoms with Crippen molar-refractivity contribution >= 4 is 50.6 Å². The standard InChI is InChI=1S/C23H20N2O4S/c1-2-28-22(26)18-14-25-20-16-7-4-3-6-15(16)9-10-17(20)21(18)24-11-12-29-23(27)19-8-5-13-30-19/h3-10,13-14H,2,11-12H2,1H3,(H,24,25). The van der Waals surface area contributed by atoms with Crippen LogP contribution >= 0.6 is 11.3 Å². The van der Waals surface area contributed by atoms with Gasteiger partial charge in [-0.1, -0.05) is 42.5 Å². The Balaban J connectivity index is 1.62. The minimum absolute atomic E-state index is 0.163. The fourth-order valence-corrected chi connectivity index (χ4v) is 3.89. The molecular weight excluding hydrogens is 400 g/mol. The molecule has 6 nitrogen and oxygen atoms in total. The monoisotopic (exact) mass is 420 g/mol. The van der Waals surface area contributed by atoms with Crippen LogP contribution < -0.4 is 5.32 Å². The van der Waals surface area contributed by atoms with E-state index in [0.717, 1.165) is 21.7 Å². The number of pyridine rings is 1. The van der Waals surface area contributed by atoms with E-state index in [2.05, 4.69) is 10.3 Å². The third kappa shape index (κ3) is 3.97. The van der Waals surface area contributed by atoms with Gasteiger partial charge in [0.15, 0.2) is 0 Å². The van der Waals surface area contributed by atoms with Gasteiger partial charge in [-0.25, -0.2) is 9.59 Å². The molecular formula is C23H20N2O4S. The second-order valence-corrected chi connectivity index (χ2v) is 7.44. The number of hydrogen-bond donors (Lipinski definition) is 1. The number of esters is 2. The molecule has 0 saturated carbocycles. The van der Waals surface area contributed by atoms with Crippen LogP contribution in [-0.2, 0) is 9.47 Å². The van der Waals surface area contributed by atoms with Crippen molar-refractivity contribution in [1.29, 1.82) is 0 Å². The molecule has 0 radical (unpaired) electrons. The first kappa shape index (κ1) is 19.8. The SMILES string of the molecule is CCOC(=O)c1cnc2c(ccc3ccccc32)c1NCCOC(=O)c1cccs1. The van der Waals surface area contributed by atoms with Crippen molar-refractivity contribution in [3.63, 3.8) is 0 Å². The van der Waals surface area contributed by atoms with Gasteiger partial charge in [0.1, 0.15) is 17.0 Å². The first-order valence-corrected chi connectivity index (χ1v) is 10.5. The molecule has 2 heterocycles. The Labute approximate surface area is 177 Å². The summed E-state index contributed by atoms with van der Waals surface area (Å²) in [5.74, 6) is -0.805. The molecule has 152 valence electrons. The van der Waals surface area contributed by atoms with Crippen molar-refractivity contribution in [2.24, 2.45) is 0 Å². The Morgan fingerprint density at radius 3 is 2.67 bits per heavy atom. The van der Waals surface area contributed by atoms with Crippen LogP contribution in [0.5, 0.6) is 0 Å². The number of anilines is 1. The van der Waals surface area contributed by atoms with E-state index in [4.69, 9.17) is 9.47 Å². The minimum Gasteiger partial charge on any atom is -0.462 e. The zero-order valence-electron chi connectivity index (χ0n) is 16.4. The van der Waals surface area contributed by atoms with Gasteiger partial charge in [-0.05, 0) is 23.8 Å². The number of carbonyl (C=O) groups is 2. The molecule has 0 atom stereocenters. The molecule has 0 unspecified atom stereocenters. The summed E-state index contributed by atoms with van der Waals surface area (Å²) in [7, 11) is 0. The average Bonchev–Trinajstić information content (AvgIpc) is 3.31. The normalized spacial score (nSPS) is 10.8. The lowest BCUT2D eigenvalue weighted by Gasteiger charge is -2.15. The fraction of sp³-hybridized carbons (Fsp3) is 0.174. The Bertz CT molecular complexity index is 1200. The van der Waals surface area contributed by atoms with Crippen molar-refractivity contribution in [3.8, 4) is 0 Å². The molecule has 0 aliphatic carbocycles. The summed E-state index contributed by atoms with van der Waals surface area (Å²) in [4.78, 5) is 29.6. The highest BCUT2D eigenvalue weighted by atomic mass is 32.1. The molecule has 0 amide bonds. The van der Waals surface area contributed by atoms with E-state index in [0.29, 0.717) is 22.7 Å². The zero-order chi connectivity index (χ0) is 20.9. The molecule has 2 aromatic carbocycles. The fourth-order valence-electron chi connectivity index (χ4n) is 3.27. The maximum absolute atomic E-state index is 12.5. The molecule has 30 heavy (non-hydrogen) atoms. The van der Waals surface area contributed by atoms with Crippen LogP contribution in [0.4, 0.5) is 5.69 Å². The number of carbonyl (C=O) groups excluding carboxylic acids is 2. The van der Waals surface area contributed by atoms with E-state index >= 15 is 0 Å². The van der Waals surface area contributed by atoms with Gasteiger partial charge in [-0.2, -0.15) is 0 Å². The van der Waals surface area contributed by atoms with Gasteiger partial charge in [-0.3, -0.25) is 4.98 Å². The van der Waals surface area contributed by atoms with Crippen LogP contribution in [0.2, 0.25) is 0 Å². The highest BCUT2D eigenvalue weighted by molar-refractivity contribution is 7.11. The second kappa shape index (κ2) is 8.92. The Kier molecular flexibility index (Phi) is 5.90. The summed E-state index contributed by atoms with van der Waals surface area (Å²) in [6.45, 7) is 2.54. The minimum atomic E-state index is -0.446. The maximum Gasteiger partial charge on any atom is 0.348 e. The first-order chi connectivity index (χ1) is 14.7. The summed E-state index contributed by atoms with van der Waals surface area (Å²) < 4.78 is 10.5. The molecule has 0 aliphatic heterocycles. The number of benzene rings is 2. The highest BCUT2D eigenvalue weighted by Gasteiger charge is 2.18. The van der Waals surface area contributed by atoms with Crippen LogP contribution in [0, 0.1) is 0 Å². The van der Waals surface area contributed by atoms with Crippen molar-refractivity contribution in [2.75, 3.05) is 25.1 Å².